The van der Waals surface area contributed by atoms with E-state index in [9.17, 15) is 19.5 Å². The second-order valence-corrected chi connectivity index (χ2v) is 10.1. The maximum Gasteiger partial charge on any atom is 0.343 e. The van der Waals surface area contributed by atoms with Crippen LogP contribution in [0.2, 0.25) is 0 Å². The number of unbranched alkanes of at least 4 members (excludes halogenated alkanes) is 15. The number of hydrogen-bond acceptors (Lipinski definition) is 5. The van der Waals surface area contributed by atoms with Crippen molar-refractivity contribution in [1.82, 2.24) is 0 Å². The number of esters is 2. The van der Waals surface area contributed by atoms with Gasteiger partial charge in [0.25, 0.3) is 0 Å². The predicted molar refractivity (Wildman–Crippen MR) is 146 cm³/mol. The molecule has 0 amide bonds. The van der Waals surface area contributed by atoms with Crippen molar-refractivity contribution >= 4 is 17.9 Å². The van der Waals surface area contributed by atoms with E-state index in [0.717, 1.165) is 51.4 Å². The molecule has 0 aromatic heterocycles. The number of carboxylic acids is 1. The van der Waals surface area contributed by atoms with E-state index in [4.69, 9.17) is 9.84 Å². The van der Waals surface area contributed by atoms with Crippen LogP contribution in [-0.4, -0.2) is 34.2 Å². The molecule has 0 aliphatic rings. The van der Waals surface area contributed by atoms with Crippen molar-refractivity contribution in [2.75, 3.05) is 0 Å². The van der Waals surface area contributed by atoms with Gasteiger partial charge in [0.15, 0.2) is 6.10 Å². The number of carboxylic acid groups (broad SMARTS) is 1. The number of allylic oxidation sites excluding steroid dienone is 2. The van der Waals surface area contributed by atoms with Gasteiger partial charge in [-0.3, -0.25) is 9.59 Å². The average molecular weight is 511 g/mol. The van der Waals surface area contributed by atoms with Gasteiger partial charge in [-0.25, -0.2) is 4.79 Å². The van der Waals surface area contributed by atoms with E-state index in [0.29, 0.717) is 12.8 Å². The Hall–Kier alpha value is -1.69. The van der Waals surface area contributed by atoms with Crippen LogP contribution in [0.15, 0.2) is 12.2 Å². The number of carbonyl (C=O) groups is 3. The molecule has 0 saturated carbocycles. The Morgan fingerprint density at radius 2 is 1.06 bits per heavy atom. The molecule has 2 N–H and O–H groups in total. The van der Waals surface area contributed by atoms with Gasteiger partial charge < -0.3 is 14.9 Å². The van der Waals surface area contributed by atoms with E-state index in [1.807, 2.05) is 0 Å². The minimum Gasteiger partial charge on any atom is -0.481 e. The summed E-state index contributed by atoms with van der Waals surface area (Å²) < 4.78 is 4.84. The van der Waals surface area contributed by atoms with E-state index in [1.54, 1.807) is 0 Å². The fraction of sp³-hybridized carbons (Fsp3) is 0.833. The number of aliphatic hydroxyl groups is 1. The highest BCUT2D eigenvalue weighted by atomic mass is 16.6. The number of aliphatic carboxylic acids is 1. The Morgan fingerprint density at radius 3 is 1.50 bits per heavy atom. The fourth-order valence-corrected chi connectivity index (χ4v) is 4.34. The molecule has 0 fully saturated rings. The lowest BCUT2D eigenvalue weighted by atomic mass is 9.94. The molecule has 2 unspecified atom stereocenters. The van der Waals surface area contributed by atoms with Crippen LogP contribution in [0, 0.1) is 5.92 Å². The molecule has 210 valence electrons. The fourth-order valence-electron chi connectivity index (χ4n) is 4.34. The van der Waals surface area contributed by atoms with Gasteiger partial charge in [-0.2, -0.15) is 0 Å². The first kappa shape index (κ1) is 34.3. The lowest BCUT2D eigenvalue weighted by Crippen LogP contribution is -2.30. The number of ether oxygens (including phenoxy) is 1. The van der Waals surface area contributed by atoms with Crippen LogP contribution < -0.4 is 0 Å². The van der Waals surface area contributed by atoms with Crippen molar-refractivity contribution in [1.29, 1.82) is 0 Å². The van der Waals surface area contributed by atoms with Gasteiger partial charge in [0, 0.05) is 0 Å². The summed E-state index contributed by atoms with van der Waals surface area (Å²) in [5, 5.41) is 18.3. The SMILES string of the molecule is CCCCCCCCC=CCCCCCCC(CCCCCCCC)C(=O)OC(=O)C(O)CC(=O)O. The summed E-state index contributed by atoms with van der Waals surface area (Å²) >= 11 is 0. The molecule has 0 spiro atoms. The molecule has 0 aromatic rings. The summed E-state index contributed by atoms with van der Waals surface area (Å²) in [6.45, 7) is 4.42. The minimum absolute atomic E-state index is 0.380. The smallest absolute Gasteiger partial charge is 0.343 e. The summed E-state index contributed by atoms with van der Waals surface area (Å²) in [5.74, 6) is -3.49. The Balaban J connectivity index is 4.22. The molecule has 36 heavy (non-hydrogen) atoms. The molecule has 0 radical (unpaired) electrons. The standard InChI is InChI=1S/C30H54O6/c1-3-5-7-9-11-12-13-14-15-16-17-18-20-22-24-26(23-21-19-10-8-6-4-2)29(34)36-30(35)27(31)25-28(32)33/h14-15,26-27,31H,3-13,16-25H2,1-2H3,(H,32,33). The summed E-state index contributed by atoms with van der Waals surface area (Å²) in [5.41, 5.74) is 0. The summed E-state index contributed by atoms with van der Waals surface area (Å²) in [6, 6.07) is 0. The van der Waals surface area contributed by atoms with E-state index < -0.39 is 30.4 Å². The third kappa shape index (κ3) is 21.6. The van der Waals surface area contributed by atoms with Crippen LogP contribution in [0.3, 0.4) is 0 Å². The molecule has 0 aromatic carbocycles. The van der Waals surface area contributed by atoms with Crippen molar-refractivity contribution in [3.05, 3.63) is 12.2 Å². The molecule has 2 atom stereocenters. The summed E-state index contributed by atoms with van der Waals surface area (Å²) in [6.07, 6.45) is 24.4. The average Bonchev–Trinajstić information content (AvgIpc) is 2.84. The van der Waals surface area contributed by atoms with Crippen molar-refractivity contribution in [3.63, 3.8) is 0 Å². The van der Waals surface area contributed by atoms with Crippen molar-refractivity contribution < 1.29 is 29.3 Å². The van der Waals surface area contributed by atoms with Gasteiger partial charge in [0.2, 0.25) is 0 Å². The zero-order valence-electron chi connectivity index (χ0n) is 23.2. The summed E-state index contributed by atoms with van der Waals surface area (Å²) in [7, 11) is 0. The van der Waals surface area contributed by atoms with Gasteiger partial charge in [0.05, 0.1) is 12.3 Å². The van der Waals surface area contributed by atoms with E-state index in [-0.39, 0.29) is 5.92 Å². The van der Waals surface area contributed by atoms with E-state index in [2.05, 4.69) is 26.0 Å². The van der Waals surface area contributed by atoms with Crippen LogP contribution in [0.1, 0.15) is 149 Å². The van der Waals surface area contributed by atoms with Gasteiger partial charge >= 0.3 is 17.9 Å². The molecule has 6 heteroatoms. The third-order valence-electron chi connectivity index (χ3n) is 6.65. The lowest BCUT2D eigenvalue weighted by Gasteiger charge is -2.16. The Labute approximate surface area is 220 Å². The van der Waals surface area contributed by atoms with Gasteiger partial charge in [-0.15, -0.1) is 0 Å². The predicted octanol–water partition coefficient (Wildman–Crippen LogP) is 7.91. The molecule has 6 nitrogen and oxygen atoms in total. The minimum atomic E-state index is -1.81. The highest BCUT2D eigenvalue weighted by Crippen LogP contribution is 2.21. The summed E-state index contributed by atoms with van der Waals surface area (Å²) in [4.78, 5) is 35.1. The van der Waals surface area contributed by atoms with Crippen molar-refractivity contribution in [2.45, 2.75) is 155 Å². The number of rotatable bonds is 25. The topological polar surface area (TPSA) is 101 Å². The first-order chi connectivity index (χ1) is 17.4. The van der Waals surface area contributed by atoms with Gasteiger partial charge in [-0.05, 0) is 38.5 Å². The number of aliphatic hydroxyl groups excluding tert-OH is 1. The van der Waals surface area contributed by atoms with Gasteiger partial charge in [-0.1, -0.05) is 116 Å². The van der Waals surface area contributed by atoms with Crippen LogP contribution in [-0.2, 0) is 19.1 Å². The quantitative estimate of drug-likeness (QED) is 0.0560. The molecule has 0 aliphatic carbocycles. The van der Waals surface area contributed by atoms with Crippen LogP contribution in [0.25, 0.3) is 0 Å². The molecule has 0 saturated heterocycles. The largest absolute Gasteiger partial charge is 0.481 e. The third-order valence-corrected chi connectivity index (χ3v) is 6.65. The lowest BCUT2D eigenvalue weighted by molar-refractivity contribution is -0.171. The second-order valence-electron chi connectivity index (χ2n) is 10.1. The van der Waals surface area contributed by atoms with Crippen molar-refractivity contribution in [3.8, 4) is 0 Å². The molecule has 0 bridgehead atoms. The zero-order valence-corrected chi connectivity index (χ0v) is 23.2. The Kier molecular flexibility index (Phi) is 23.8. The van der Waals surface area contributed by atoms with Crippen LogP contribution in [0.4, 0.5) is 0 Å². The highest BCUT2D eigenvalue weighted by molar-refractivity contribution is 5.90. The molecule has 0 rings (SSSR count). The second kappa shape index (κ2) is 25.0. The van der Waals surface area contributed by atoms with E-state index >= 15 is 0 Å². The van der Waals surface area contributed by atoms with Gasteiger partial charge in [0.1, 0.15) is 0 Å². The Morgan fingerprint density at radius 1 is 0.639 bits per heavy atom. The monoisotopic (exact) mass is 510 g/mol. The zero-order chi connectivity index (χ0) is 26.9. The molecule has 0 heterocycles. The number of hydrogen-bond donors (Lipinski definition) is 2. The van der Waals surface area contributed by atoms with Crippen LogP contribution >= 0.6 is 0 Å². The van der Waals surface area contributed by atoms with Crippen LogP contribution in [0.5, 0.6) is 0 Å². The maximum atomic E-state index is 12.6. The normalized spacial score (nSPS) is 13.1. The number of carbonyl (C=O) groups excluding carboxylic acids is 2. The van der Waals surface area contributed by atoms with Crippen molar-refractivity contribution in [2.24, 2.45) is 5.92 Å². The molecular formula is C30H54O6. The Bertz CT molecular complexity index is 586. The maximum absolute atomic E-state index is 12.6. The highest BCUT2D eigenvalue weighted by Gasteiger charge is 2.27. The first-order valence-electron chi connectivity index (χ1n) is 14.7. The molecule has 0 aliphatic heterocycles. The van der Waals surface area contributed by atoms with E-state index in [1.165, 1.54) is 64.2 Å². The molecular weight excluding hydrogens is 456 g/mol. The first-order valence-corrected chi connectivity index (χ1v) is 14.7.